The summed E-state index contributed by atoms with van der Waals surface area (Å²) in [5.41, 5.74) is 5.83. The molecule has 0 fully saturated rings. The van der Waals surface area contributed by atoms with E-state index in [1.54, 1.807) is 6.20 Å². The Labute approximate surface area is 102 Å². The summed E-state index contributed by atoms with van der Waals surface area (Å²) in [5.74, 6) is 1.10. The molecule has 1 heterocycles. The van der Waals surface area contributed by atoms with Crippen LogP contribution in [0.1, 0.15) is 26.1 Å². The van der Waals surface area contributed by atoms with Gasteiger partial charge in [0.1, 0.15) is 5.82 Å². The van der Waals surface area contributed by atoms with Crippen molar-refractivity contribution < 1.29 is 4.79 Å². The van der Waals surface area contributed by atoms with Crippen LogP contribution in [0.5, 0.6) is 0 Å². The molecule has 3 N–H and O–H groups in total. The molecule has 0 radical (unpaired) electrons. The van der Waals surface area contributed by atoms with E-state index in [1.807, 2.05) is 31.7 Å². The van der Waals surface area contributed by atoms with Crippen LogP contribution in [0.4, 0.5) is 0 Å². The monoisotopic (exact) mass is 238 g/mol. The Morgan fingerprint density at radius 2 is 2.35 bits per heavy atom. The van der Waals surface area contributed by atoms with E-state index in [9.17, 15) is 4.79 Å². The Morgan fingerprint density at radius 3 is 2.88 bits per heavy atom. The number of nitrogens with one attached hydrogen (secondary N) is 1. The van der Waals surface area contributed by atoms with Crippen LogP contribution in [0, 0.1) is 5.92 Å². The van der Waals surface area contributed by atoms with E-state index in [-0.39, 0.29) is 11.8 Å². The Kier molecular flexibility index (Phi) is 5.15. The molecule has 0 spiro atoms. The molecular formula is C12H22N4O. The Morgan fingerprint density at radius 1 is 1.65 bits per heavy atom. The van der Waals surface area contributed by atoms with Crippen LogP contribution < -0.4 is 11.1 Å². The molecule has 96 valence electrons. The van der Waals surface area contributed by atoms with E-state index in [1.165, 1.54) is 0 Å². The molecule has 0 aromatic carbocycles. The van der Waals surface area contributed by atoms with Gasteiger partial charge in [0.05, 0.1) is 6.04 Å². The van der Waals surface area contributed by atoms with Crippen molar-refractivity contribution in [3.63, 3.8) is 0 Å². The van der Waals surface area contributed by atoms with Crippen molar-refractivity contribution in [1.29, 1.82) is 0 Å². The molecule has 0 aliphatic rings. The third kappa shape index (κ3) is 3.85. The zero-order chi connectivity index (χ0) is 12.8. The number of nitrogens with zero attached hydrogens (tertiary/aromatic N) is 2. The van der Waals surface area contributed by atoms with Gasteiger partial charge in [0.25, 0.3) is 0 Å². The number of carbonyl (C=O) groups is 1. The van der Waals surface area contributed by atoms with Crippen molar-refractivity contribution in [2.45, 2.75) is 32.7 Å². The van der Waals surface area contributed by atoms with E-state index in [2.05, 4.69) is 10.3 Å². The number of amides is 1. The van der Waals surface area contributed by atoms with E-state index in [0.717, 1.165) is 18.7 Å². The van der Waals surface area contributed by atoms with Crippen LogP contribution in [-0.4, -0.2) is 28.0 Å². The number of rotatable bonds is 6. The molecule has 0 aliphatic carbocycles. The summed E-state index contributed by atoms with van der Waals surface area (Å²) in [6.45, 7) is 4.60. The molecule has 1 aromatic heterocycles. The summed E-state index contributed by atoms with van der Waals surface area (Å²) in [7, 11) is 1.94. The van der Waals surface area contributed by atoms with Gasteiger partial charge in [-0.3, -0.25) is 4.79 Å². The number of carbonyl (C=O) groups excluding carboxylic acids is 1. The summed E-state index contributed by atoms with van der Waals surface area (Å²) < 4.78 is 1.95. The van der Waals surface area contributed by atoms with Crippen LogP contribution in [0.25, 0.3) is 0 Å². The van der Waals surface area contributed by atoms with Crippen molar-refractivity contribution in [1.82, 2.24) is 14.9 Å². The van der Waals surface area contributed by atoms with Crippen LogP contribution in [0.15, 0.2) is 12.4 Å². The highest BCUT2D eigenvalue weighted by atomic mass is 16.2. The first-order valence-corrected chi connectivity index (χ1v) is 6.05. The van der Waals surface area contributed by atoms with Gasteiger partial charge >= 0.3 is 0 Å². The topological polar surface area (TPSA) is 72.9 Å². The molecule has 5 nitrogen and oxygen atoms in total. The molecule has 1 rings (SSSR count). The lowest BCUT2D eigenvalue weighted by atomic mass is 9.99. The largest absolute Gasteiger partial charge is 0.354 e. The molecule has 0 aliphatic heterocycles. The van der Waals surface area contributed by atoms with Gasteiger partial charge in [-0.2, -0.15) is 0 Å². The fourth-order valence-corrected chi connectivity index (χ4v) is 1.57. The second-order valence-electron chi connectivity index (χ2n) is 4.41. The molecule has 1 aromatic rings. The Hall–Kier alpha value is -1.36. The maximum atomic E-state index is 11.7. The van der Waals surface area contributed by atoms with E-state index in [0.29, 0.717) is 6.54 Å². The minimum absolute atomic E-state index is 0.0754. The first-order chi connectivity index (χ1) is 8.06. The lowest BCUT2D eigenvalue weighted by molar-refractivity contribution is -0.123. The zero-order valence-electron chi connectivity index (χ0n) is 10.8. The van der Waals surface area contributed by atoms with Gasteiger partial charge in [0.15, 0.2) is 0 Å². The van der Waals surface area contributed by atoms with Gasteiger partial charge in [-0.1, -0.05) is 20.3 Å². The smallest absolute Gasteiger partial charge is 0.237 e. The van der Waals surface area contributed by atoms with Gasteiger partial charge in [-0.25, -0.2) is 4.98 Å². The second kappa shape index (κ2) is 6.39. The van der Waals surface area contributed by atoms with Gasteiger partial charge < -0.3 is 15.6 Å². The van der Waals surface area contributed by atoms with Crippen LogP contribution >= 0.6 is 0 Å². The molecular weight excluding hydrogens is 216 g/mol. The van der Waals surface area contributed by atoms with E-state index in [4.69, 9.17) is 5.73 Å². The number of hydrogen-bond donors (Lipinski definition) is 2. The van der Waals surface area contributed by atoms with Gasteiger partial charge in [0.2, 0.25) is 5.91 Å². The summed E-state index contributed by atoms with van der Waals surface area (Å²) in [4.78, 5) is 15.9. The summed E-state index contributed by atoms with van der Waals surface area (Å²) >= 11 is 0. The quantitative estimate of drug-likeness (QED) is 0.756. The SMILES string of the molecule is CCC(C)[C@H](N)C(=O)NCCc1nccn1C. The average Bonchev–Trinajstić information content (AvgIpc) is 2.73. The van der Waals surface area contributed by atoms with Crippen LogP contribution in [-0.2, 0) is 18.3 Å². The summed E-state index contributed by atoms with van der Waals surface area (Å²) in [6.07, 6.45) is 5.28. The maximum Gasteiger partial charge on any atom is 0.237 e. The van der Waals surface area contributed by atoms with Crippen molar-refractivity contribution in [2.75, 3.05) is 6.54 Å². The second-order valence-corrected chi connectivity index (χ2v) is 4.41. The number of nitrogens with two attached hydrogens (primary N) is 1. The molecule has 1 amide bonds. The minimum Gasteiger partial charge on any atom is -0.354 e. The predicted molar refractivity (Wildman–Crippen MR) is 67.4 cm³/mol. The van der Waals surface area contributed by atoms with Gasteiger partial charge in [0, 0.05) is 32.4 Å². The third-order valence-electron chi connectivity index (χ3n) is 3.13. The number of imidazole rings is 1. The maximum absolute atomic E-state index is 11.7. The van der Waals surface area contributed by atoms with Crippen molar-refractivity contribution in [3.8, 4) is 0 Å². The standard InChI is InChI=1S/C12H22N4O/c1-4-9(2)11(13)12(17)15-6-5-10-14-7-8-16(10)3/h7-9,11H,4-6,13H2,1-3H3,(H,15,17)/t9?,11-/m0/s1. The molecule has 17 heavy (non-hydrogen) atoms. The average molecular weight is 238 g/mol. The summed E-state index contributed by atoms with van der Waals surface area (Å²) in [6, 6.07) is -0.415. The van der Waals surface area contributed by atoms with Gasteiger partial charge in [-0.05, 0) is 5.92 Å². The first-order valence-electron chi connectivity index (χ1n) is 6.05. The van der Waals surface area contributed by atoms with E-state index < -0.39 is 6.04 Å². The molecule has 1 unspecified atom stereocenters. The fourth-order valence-electron chi connectivity index (χ4n) is 1.57. The lowest BCUT2D eigenvalue weighted by Gasteiger charge is -2.17. The van der Waals surface area contributed by atoms with Crippen molar-refractivity contribution in [2.24, 2.45) is 18.7 Å². The normalized spacial score (nSPS) is 14.4. The zero-order valence-corrected chi connectivity index (χ0v) is 10.8. The molecule has 5 heteroatoms. The predicted octanol–water partition coefficient (Wildman–Crippen LogP) is 0.452. The molecule has 2 atom stereocenters. The Balaban J connectivity index is 2.32. The molecule has 0 saturated carbocycles. The highest BCUT2D eigenvalue weighted by Crippen LogP contribution is 2.05. The molecule has 0 bridgehead atoms. The number of aryl methyl sites for hydroxylation is 1. The van der Waals surface area contributed by atoms with Crippen molar-refractivity contribution in [3.05, 3.63) is 18.2 Å². The first kappa shape index (κ1) is 13.7. The fraction of sp³-hybridized carbons (Fsp3) is 0.667. The van der Waals surface area contributed by atoms with Crippen LogP contribution in [0.3, 0.4) is 0 Å². The van der Waals surface area contributed by atoms with Crippen LogP contribution in [0.2, 0.25) is 0 Å². The highest BCUT2D eigenvalue weighted by Gasteiger charge is 2.18. The third-order valence-corrected chi connectivity index (χ3v) is 3.13. The highest BCUT2D eigenvalue weighted by molar-refractivity contribution is 5.81. The lowest BCUT2D eigenvalue weighted by Crippen LogP contribution is -2.45. The molecule has 0 saturated heterocycles. The van der Waals surface area contributed by atoms with E-state index >= 15 is 0 Å². The Bertz CT molecular complexity index is 361. The minimum atomic E-state index is -0.415. The number of hydrogen-bond acceptors (Lipinski definition) is 3. The van der Waals surface area contributed by atoms with Gasteiger partial charge in [-0.15, -0.1) is 0 Å². The summed E-state index contributed by atoms with van der Waals surface area (Å²) in [5, 5.41) is 2.85. The van der Waals surface area contributed by atoms with Crippen molar-refractivity contribution >= 4 is 5.91 Å². The number of aromatic nitrogens is 2.